The van der Waals surface area contributed by atoms with Crippen LogP contribution in [0.3, 0.4) is 0 Å². The molecule has 9 aromatic rings. The lowest BCUT2D eigenvalue weighted by molar-refractivity contribution is 0.669. The molecule has 0 saturated carbocycles. The van der Waals surface area contributed by atoms with Crippen molar-refractivity contribution in [3.8, 4) is 44.6 Å². The van der Waals surface area contributed by atoms with Crippen LogP contribution in [-0.4, -0.2) is 4.98 Å². The molecule has 0 bridgehead atoms. The number of hydrogen-bond acceptors (Lipinski definition) is 2. The van der Waals surface area contributed by atoms with E-state index in [1.54, 1.807) is 0 Å². The van der Waals surface area contributed by atoms with Gasteiger partial charge in [0.05, 0.1) is 5.69 Å². The lowest BCUT2D eigenvalue weighted by Crippen LogP contribution is -1.92. The van der Waals surface area contributed by atoms with Crippen LogP contribution in [0.4, 0.5) is 0 Å². The number of benzene rings is 7. The van der Waals surface area contributed by atoms with E-state index in [-0.39, 0.29) is 0 Å². The first-order valence-corrected chi connectivity index (χ1v) is 15.3. The first-order valence-electron chi connectivity index (χ1n) is 15.3. The Kier molecular flexibility index (Phi) is 5.85. The van der Waals surface area contributed by atoms with Crippen molar-refractivity contribution in [3.05, 3.63) is 164 Å². The van der Waals surface area contributed by atoms with Crippen molar-refractivity contribution in [2.24, 2.45) is 0 Å². The number of nitrogens with zero attached hydrogens (tertiary/aromatic N) is 1. The van der Waals surface area contributed by atoms with Crippen LogP contribution in [-0.2, 0) is 0 Å². The maximum absolute atomic E-state index is 6.15. The molecular formula is C43H27NO. The van der Waals surface area contributed by atoms with Gasteiger partial charge in [-0.05, 0) is 73.6 Å². The second-order valence-electron chi connectivity index (χ2n) is 11.5. The van der Waals surface area contributed by atoms with Gasteiger partial charge in [0, 0.05) is 28.1 Å². The maximum atomic E-state index is 6.15. The molecule has 0 fully saturated rings. The first kappa shape index (κ1) is 25.5. The molecule has 0 aliphatic heterocycles. The van der Waals surface area contributed by atoms with E-state index in [2.05, 4.69) is 140 Å². The molecule has 0 aliphatic carbocycles. The standard InChI is InChI=1S/C43H27NO/c1-2-10-28(11-3-1)29-18-20-30(21-19-29)42-35-13-4-6-15-37(35)43(38-16-7-5-14-36(38)42)32-23-25-39(44-27-32)31-22-24-34-33-12-8-9-17-40(33)45-41(34)26-31/h1-27H. The quantitative estimate of drug-likeness (QED) is 0.196. The highest BCUT2D eigenvalue weighted by atomic mass is 16.3. The number of hydrogen-bond donors (Lipinski definition) is 0. The number of fused-ring (bicyclic) bond motifs is 5. The second kappa shape index (κ2) is 10.3. The molecule has 0 aliphatic rings. The van der Waals surface area contributed by atoms with E-state index in [1.165, 1.54) is 49.4 Å². The molecule has 0 amide bonds. The van der Waals surface area contributed by atoms with Gasteiger partial charge in [-0.1, -0.05) is 133 Å². The summed E-state index contributed by atoms with van der Waals surface area (Å²) in [6.45, 7) is 0. The summed E-state index contributed by atoms with van der Waals surface area (Å²) in [6, 6.07) is 55.9. The molecule has 2 heteroatoms. The lowest BCUT2D eigenvalue weighted by atomic mass is 9.86. The van der Waals surface area contributed by atoms with Crippen LogP contribution >= 0.6 is 0 Å². The van der Waals surface area contributed by atoms with Crippen LogP contribution in [0.1, 0.15) is 0 Å². The zero-order valence-electron chi connectivity index (χ0n) is 24.4. The minimum Gasteiger partial charge on any atom is -0.456 e. The van der Waals surface area contributed by atoms with Gasteiger partial charge in [-0.15, -0.1) is 0 Å². The zero-order valence-corrected chi connectivity index (χ0v) is 24.4. The number of pyridine rings is 1. The fourth-order valence-corrected chi connectivity index (χ4v) is 6.81. The number of furan rings is 1. The molecule has 0 spiro atoms. The normalized spacial score (nSPS) is 11.6. The zero-order chi connectivity index (χ0) is 29.7. The topological polar surface area (TPSA) is 26.0 Å². The van der Waals surface area contributed by atoms with Gasteiger partial charge in [-0.25, -0.2) is 0 Å². The van der Waals surface area contributed by atoms with Crippen LogP contribution in [0, 0.1) is 0 Å². The third-order valence-corrected chi connectivity index (χ3v) is 8.94. The summed E-state index contributed by atoms with van der Waals surface area (Å²) in [5.41, 5.74) is 11.0. The third kappa shape index (κ3) is 4.22. The van der Waals surface area contributed by atoms with Crippen LogP contribution < -0.4 is 0 Å². The Morgan fingerprint density at radius 1 is 0.333 bits per heavy atom. The summed E-state index contributed by atoms with van der Waals surface area (Å²) < 4.78 is 6.15. The summed E-state index contributed by atoms with van der Waals surface area (Å²) in [5, 5.41) is 7.17. The molecule has 2 nitrogen and oxygen atoms in total. The Morgan fingerprint density at radius 3 is 1.47 bits per heavy atom. The van der Waals surface area contributed by atoms with Crippen molar-refractivity contribution in [1.82, 2.24) is 4.98 Å². The minimum absolute atomic E-state index is 0.879. The molecule has 9 rings (SSSR count). The summed E-state index contributed by atoms with van der Waals surface area (Å²) in [7, 11) is 0. The average molecular weight is 574 g/mol. The van der Waals surface area contributed by atoms with E-state index in [1.807, 2.05) is 24.4 Å². The summed E-state index contributed by atoms with van der Waals surface area (Å²) in [6.07, 6.45) is 2.01. The van der Waals surface area contributed by atoms with Gasteiger partial charge in [-0.2, -0.15) is 0 Å². The van der Waals surface area contributed by atoms with Crippen molar-refractivity contribution in [2.45, 2.75) is 0 Å². The van der Waals surface area contributed by atoms with Crippen LogP contribution in [0.2, 0.25) is 0 Å². The highest BCUT2D eigenvalue weighted by Gasteiger charge is 2.17. The van der Waals surface area contributed by atoms with Crippen molar-refractivity contribution in [2.75, 3.05) is 0 Å². The molecule has 0 atom stereocenters. The average Bonchev–Trinajstić information content (AvgIpc) is 3.49. The Balaban J connectivity index is 1.17. The van der Waals surface area contributed by atoms with Crippen molar-refractivity contribution < 1.29 is 4.42 Å². The summed E-state index contributed by atoms with van der Waals surface area (Å²) >= 11 is 0. The van der Waals surface area contributed by atoms with Crippen molar-refractivity contribution in [1.29, 1.82) is 0 Å². The highest BCUT2D eigenvalue weighted by molar-refractivity contribution is 6.21. The predicted molar refractivity (Wildman–Crippen MR) is 188 cm³/mol. The fourth-order valence-electron chi connectivity index (χ4n) is 6.81. The first-order chi connectivity index (χ1) is 22.3. The second-order valence-corrected chi connectivity index (χ2v) is 11.5. The van der Waals surface area contributed by atoms with E-state index < -0.39 is 0 Å². The SMILES string of the molecule is c1ccc(-c2ccc(-c3c4ccccc4c(-c4ccc(-c5ccc6c(c5)oc5ccccc56)nc4)c4ccccc34)cc2)cc1. The Morgan fingerprint density at radius 2 is 0.822 bits per heavy atom. The van der Waals surface area contributed by atoms with Crippen LogP contribution in [0.5, 0.6) is 0 Å². The molecule has 0 unspecified atom stereocenters. The molecule has 0 N–H and O–H groups in total. The molecule has 0 radical (unpaired) electrons. The summed E-state index contributed by atoms with van der Waals surface area (Å²) in [4.78, 5) is 4.98. The van der Waals surface area contributed by atoms with Crippen molar-refractivity contribution >= 4 is 43.5 Å². The van der Waals surface area contributed by atoms with Crippen LogP contribution in [0.15, 0.2) is 168 Å². The van der Waals surface area contributed by atoms with E-state index in [0.29, 0.717) is 0 Å². The van der Waals surface area contributed by atoms with Gasteiger partial charge in [-0.3, -0.25) is 4.98 Å². The lowest BCUT2D eigenvalue weighted by Gasteiger charge is -2.18. The van der Waals surface area contributed by atoms with E-state index in [4.69, 9.17) is 9.40 Å². The molecule has 2 heterocycles. The largest absolute Gasteiger partial charge is 0.456 e. The highest BCUT2D eigenvalue weighted by Crippen LogP contribution is 2.44. The summed E-state index contributed by atoms with van der Waals surface area (Å²) in [5.74, 6) is 0. The molecule has 7 aromatic carbocycles. The van der Waals surface area contributed by atoms with Gasteiger partial charge in [0.1, 0.15) is 11.2 Å². The predicted octanol–water partition coefficient (Wildman–Crippen LogP) is 12.0. The Labute approximate surface area is 260 Å². The Bertz CT molecular complexity index is 2450. The number of aromatic nitrogens is 1. The Hall–Kier alpha value is -5.99. The fraction of sp³-hybridized carbons (Fsp3) is 0. The van der Waals surface area contributed by atoms with Gasteiger partial charge in [0.25, 0.3) is 0 Å². The van der Waals surface area contributed by atoms with Crippen molar-refractivity contribution in [3.63, 3.8) is 0 Å². The number of rotatable bonds is 4. The van der Waals surface area contributed by atoms with Gasteiger partial charge < -0.3 is 4.42 Å². The molecule has 45 heavy (non-hydrogen) atoms. The smallest absolute Gasteiger partial charge is 0.136 e. The molecular weight excluding hydrogens is 546 g/mol. The van der Waals surface area contributed by atoms with Gasteiger partial charge >= 0.3 is 0 Å². The van der Waals surface area contributed by atoms with E-state index >= 15 is 0 Å². The van der Waals surface area contributed by atoms with Crippen LogP contribution in [0.25, 0.3) is 88.1 Å². The third-order valence-electron chi connectivity index (χ3n) is 8.94. The molecule has 2 aromatic heterocycles. The van der Waals surface area contributed by atoms with Gasteiger partial charge in [0.15, 0.2) is 0 Å². The molecule has 210 valence electrons. The minimum atomic E-state index is 0.879. The molecule has 0 saturated heterocycles. The monoisotopic (exact) mass is 573 g/mol. The van der Waals surface area contributed by atoms with E-state index in [9.17, 15) is 0 Å². The maximum Gasteiger partial charge on any atom is 0.136 e. The number of para-hydroxylation sites is 1. The van der Waals surface area contributed by atoms with Gasteiger partial charge in [0.2, 0.25) is 0 Å². The van der Waals surface area contributed by atoms with E-state index in [0.717, 1.165) is 38.8 Å².